The predicted molar refractivity (Wildman–Crippen MR) is 179 cm³/mol. The first kappa shape index (κ1) is 23.1. The highest BCUT2D eigenvalue weighted by Crippen LogP contribution is 2.44. The summed E-state index contributed by atoms with van der Waals surface area (Å²) in [6, 6.07) is 44.7. The molecule has 5 heteroatoms. The molecule has 4 heterocycles. The molecule has 10 rings (SSSR count). The summed E-state index contributed by atoms with van der Waals surface area (Å²) in [5.41, 5.74) is 6.36. The van der Waals surface area contributed by atoms with Crippen LogP contribution in [-0.2, 0) is 0 Å². The van der Waals surface area contributed by atoms with Crippen LogP contribution in [0.2, 0.25) is 0 Å². The Balaban J connectivity index is 1.40. The summed E-state index contributed by atoms with van der Waals surface area (Å²) < 4.78 is 11.4. The second-order valence-corrected chi connectivity index (χ2v) is 12.0. The fourth-order valence-electron chi connectivity index (χ4n) is 6.69. The second kappa shape index (κ2) is 8.51. The molecule has 4 nitrogen and oxygen atoms in total. The lowest BCUT2D eigenvalue weighted by Gasteiger charge is -2.10. The van der Waals surface area contributed by atoms with Crippen molar-refractivity contribution in [2.24, 2.45) is 0 Å². The number of rotatable bonds is 2. The zero-order valence-corrected chi connectivity index (χ0v) is 23.6. The molecule has 0 bridgehead atoms. The van der Waals surface area contributed by atoms with E-state index in [4.69, 9.17) is 14.4 Å². The smallest absolute Gasteiger partial charge is 0.236 e. The van der Waals surface area contributed by atoms with E-state index in [0.29, 0.717) is 11.5 Å². The van der Waals surface area contributed by atoms with Gasteiger partial charge >= 0.3 is 0 Å². The molecule has 6 aromatic carbocycles. The molecule has 0 saturated carbocycles. The summed E-state index contributed by atoms with van der Waals surface area (Å²) in [7, 11) is 0. The summed E-state index contributed by atoms with van der Waals surface area (Å²) >= 11 is 1.83. The molecule has 0 aliphatic rings. The number of hydrogen-bond donors (Lipinski definition) is 0. The molecule has 0 aliphatic carbocycles. The van der Waals surface area contributed by atoms with Crippen LogP contribution in [0.5, 0.6) is 0 Å². The first-order valence-electron chi connectivity index (χ1n) is 14.3. The first-order valence-corrected chi connectivity index (χ1v) is 15.2. The van der Waals surface area contributed by atoms with Crippen LogP contribution >= 0.6 is 11.3 Å². The highest BCUT2D eigenvalue weighted by molar-refractivity contribution is 7.26. The van der Waals surface area contributed by atoms with Gasteiger partial charge in [-0.05, 0) is 23.6 Å². The highest BCUT2D eigenvalue weighted by atomic mass is 32.1. The van der Waals surface area contributed by atoms with Gasteiger partial charge in [0.2, 0.25) is 5.95 Å². The summed E-state index contributed by atoms with van der Waals surface area (Å²) in [5.74, 6) is 0.637. The second-order valence-electron chi connectivity index (χ2n) is 11.0. The van der Waals surface area contributed by atoms with Crippen LogP contribution in [-0.4, -0.2) is 14.5 Å². The van der Waals surface area contributed by atoms with Gasteiger partial charge in [-0.25, -0.2) is 9.97 Å². The van der Waals surface area contributed by atoms with Gasteiger partial charge in [-0.2, -0.15) is 0 Å². The lowest BCUT2D eigenvalue weighted by molar-refractivity contribution is 0.670. The van der Waals surface area contributed by atoms with E-state index in [1.54, 1.807) is 0 Å². The van der Waals surface area contributed by atoms with Crippen LogP contribution in [0.25, 0.3) is 92.0 Å². The molecule has 43 heavy (non-hydrogen) atoms. The third-order valence-electron chi connectivity index (χ3n) is 8.62. The Hall–Kier alpha value is -5.52. The third kappa shape index (κ3) is 3.14. The number of hydrogen-bond acceptors (Lipinski definition) is 4. The number of furan rings is 1. The van der Waals surface area contributed by atoms with Gasteiger partial charge in [0, 0.05) is 42.6 Å². The SMILES string of the molecule is c1ccc(-c2nc(-n3c4ccccc4c4ccc5c6ccccc6sc5c43)nc3c2oc2c4ccccc4ccc32)cc1. The zero-order valence-electron chi connectivity index (χ0n) is 22.8. The van der Waals surface area contributed by atoms with E-state index >= 15 is 0 Å². The van der Waals surface area contributed by atoms with Gasteiger partial charge in [0.15, 0.2) is 5.58 Å². The fraction of sp³-hybridized carbons (Fsp3) is 0. The van der Waals surface area contributed by atoms with Crippen LogP contribution in [0, 0.1) is 0 Å². The Labute approximate surface area is 249 Å². The minimum atomic E-state index is 0.637. The molecule has 200 valence electrons. The van der Waals surface area contributed by atoms with E-state index in [1.165, 1.54) is 30.9 Å². The molecule has 0 spiro atoms. The number of aromatic nitrogens is 3. The molecule has 0 amide bonds. The van der Waals surface area contributed by atoms with Crippen molar-refractivity contribution >= 4 is 86.2 Å². The minimum Gasteiger partial charge on any atom is -0.451 e. The van der Waals surface area contributed by atoms with Crippen LogP contribution < -0.4 is 0 Å². The van der Waals surface area contributed by atoms with Crippen molar-refractivity contribution in [3.8, 4) is 17.2 Å². The average molecular weight is 568 g/mol. The van der Waals surface area contributed by atoms with Crippen molar-refractivity contribution in [1.82, 2.24) is 14.5 Å². The zero-order chi connectivity index (χ0) is 28.1. The first-order chi connectivity index (χ1) is 21.3. The summed E-state index contributed by atoms with van der Waals surface area (Å²) in [6.07, 6.45) is 0. The molecule has 4 aromatic heterocycles. The van der Waals surface area contributed by atoms with Gasteiger partial charge in [0.25, 0.3) is 0 Å². The number of benzene rings is 6. The number of thiophene rings is 1. The predicted octanol–water partition coefficient (Wildman–Crippen LogP) is 10.7. The summed E-state index contributed by atoms with van der Waals surface area (Å²) in [6.45, 7) is 0. The average Bonchev–Trinajstić information content (AvgIpc) is 3.74. The molecule has 10 aromatic rings. The van der Waals surface area contributed by atoms with E-state index in [9.17, 15) is 0 Å². The number of para-hydroxylation sites is 1. The summed E-state index contributed by atoms with van der Waals surface area (Å²) in [5, 5.41) is 8.10. The van der Waals surface area contributed by atoms with Gasteiger partial charge in [0.05, 0.1) is 15.7 Å². The maximum absolute atomic E-state index is 6.68. The molecule has 0 unspecified atom stereocenters. The normalized spacial score (nSPS) is 12.2. The lowest BCUT2D eigenvalue weighted by atomic mass is 10.1. The quantitative estimate of drug-likeness (QED) is 0.209. The Kier molecular flexibility index (Phi) is 4.57. The van der Waals surface area contributed by atoms with E-state index in [2.05, 4.69) is 114 Å². The van der Waals surface area contributed by atoms with Gasteiger partial charge in [-0.15, -0.1) is 11.3 Å². The molecule has 0 atom stereocenters. The molecular formula is C38H21N3OS. The van der Waals surface area contributed by atoms with Crippen molar-refractivity contribution in [3.63, 3.8) is 0 Å². The molecule has 0 fully saturated rings. The summed E-state index contributed by atoms with van der Waals surface area (Å²) in [4.78, 5) is 10.6. The van der Waals surface area contributed by atoms with Gasteiger partial charge < -0.3 is 4.42 Å². The van der Waals surface area contributed by atoms with Crippen LogP contribution in [0.3, 0.4) is 0 Å². The Morgan fingerprint density at radius 2 is 1.26 bits per heavy atom. The van der Waals surface area contributed by atoms with Crippen molar-refractivity contribution in [1.29, 1.82) is 0 Å². The van der Waals surface area contributed by atoms with E-state index in [1.807, 2.05) is 29.5 Å². The largest absolute Gasteiger partial charge is 0.451 e. The Morgan fingerprint density at radius 1 is 0.535 bits per heavy atom. The molecular weight excluding hydrogens is 547 g/mol. The van der Waals surface area contributed by atoms with Crippen molar-refractivity contribution in [2.75, 3.05) is 0 Å². The molecule has 0 aliphatic heterocycles. The maximum atomic E-state index is 6.68. The van der Waals surface area contributed by atoms with Crippen LogP contribution in [0.1, 0.15) is 0 Å². The number of nitrogens with zero attached hydrogens (tertiary/aromatic N) is 3. The van der Waals surface area contributed by atoms with Crippen LogP contribution in [0.4, 0.5) is 0 Å². The lowest BCUT2D eigenvalue weighted by Crippen LogP contribution is -2.03. The van der Waals surface area contributed by atoms with E-state index < -0.39 is 0 Å². The standard InChI is InChI=1S/C38H21N3OS/c1-2-11-23(12-3-1)32-36-33(29-19-18-22-10-4-5-13-24(22)35(29)42-36)40-38(39-32)41-30-16-8-6-14-25(30)27-20-21-28-26-15-7-9-17-31(26)43-37(28)34(27)41/h1-21H. The van der Waals surface area contributed by atoms with Gasteiger partial charge in [-0.3, -0.25) is 4.57 Å². The van der Waals surface area contributed by atoms with E-state index in [0.717, 1.165) is 49.5 Å². The van der Waals surface area contributed by atoms with E-state index in [-0.39, 0.29) is 0 Å². The van der Waals surface area contributed by atoms with Crippen molar-refractivity contribution < 1.29 is 4.42 Å². The monoisotopic (exact) mass is 567 g/mol. The number of fused-ring (bicyclic) bond motifs is 12. The maximum Gasteiger partial charge on any atom is 0.236 e. The highest BCUT2D eigenvalue weighted by Gasteiger charge is 2.23. The van der Waals surface area contributed by atoms with Crippen molar-refractivity contribution in [3.05, 3.63) is 127 Å². The molecule has 0 radical (unpaired) electrons. The molecule has 0 N–H and O–H groups in total. The fourth-order valence-corrected chi connectivity index (χ4v) is 7.93. The Bertz CT molecular complexity index is 2730. The minimum absolute atomic E-state index is 0.637. The van der Waals surface area contributed by atoms with Crippen molar-refractivity contribution in [2.45, 2.75) is 0 Å². The topological polar surface area (TPSA) is 43.9 Å². The van der Waals surface area contributed by atoms with Gasteiger partial charge in [0.1, 0.15) is 16.8 Å². The van der Waals surface area contributed by atoms with Gasteiger partial charge in [-0.1, -0.05) is 109 Å². The third-order valence-corrected chi connectivity index (χ3v) is 9.81. The van der Waals surface area contributed by atoms with Crippen LogP contribution in [0.15, 0.2) is 132 Å². The molecule has 0 saturated heterocycles. The Morgan fingerprint density at radius 3 is 2.16 bits per heavy atom.